The Morgan fingerprint density at radius 2 is 1.34 bits per heavy atom. The fourth-order valence-electron chi connectivity index (χ4n) is 3.51. The molecule has 0 spiro atoms. The van der Waals surface area contributed by atoms with Crippen LogP contribution >= 0.6 is 0 Å². The van der Waals surface area contributed by atoms with Crippen LogP contribution in [0.2, 0.25) is 0 Å². The number of nitrogens with one attached hydrogen (secondary N) is 1. The van der Waals surface area contributed by atoms with Crippen LogP contribution in [0.4, 0.5) is 0 Å². The lowest BCUT2D eigenvalue weighted by atomic mass is 9.88. The highest BCUT2D eigenvalue weighted by molar-refractivity contribution is 5.43. The Hall–Kier alpha value is -2.98. The number of ether oxygens (including phenoxy) is 3. The maximum atomic E-state index is 5.63. The monoisotopic (exact) mass is 391 g/mol. The highest BCUT2D eigenvalue weighted by Crippen LogP contribution is 2.34. The number of hydrogen-bond acceptors (Lipinski definition) is 4. The van der Waals surface area contributed by atoms with Crippen molar-refractivity contribution in [3.05, 3.63) is 89.5 Å². The van der Waals surface area contributed by atoms with Crippen LogP contribution < -0.4 is 19.5 Å². The smallest absolute Gasteiger partial charge is 0.122 e. The number of methoxy groups -OCH3 is 3. The van der Waals surface area contributed by atoms with E-state index in [4.69, 9.17) is 14.2 Å². The van der Waals surface area contributed by atoms with Crippen LogP contribution in [0.3, 0.4) is 0 Å². The van der Waals surface area contributed by atoms with Crippen molar-refractivity contribution in [2.24, 2.45) is 0 Å². The second kappa shape index (κ2) is 10.5. The van der Waals surface area contributed by atoms with Crippen LogP contribution in [-0.2, 0) is 6.54 Å². The molecule has 0 amide bonds. The van der Waals surface area contributed by atoms with Crippen LogP contribution in [0, 0.1) is 0 Å². The van der Waals surface area contributed by atoms with E-state index in [9.17, 15) is 0 Å². The molecule has 0 aromatic heterocycles. The third kappa shape index (κ3) is 5.52. The topological polar surface area (TPSA) is 39.7 Å². The average Bonchev–Trinajstić information content (AvgIpc) is 2.79. The molecule has 0 aliphatic rings. The van der Waals surface area contributed by atoms with Crippen LogP contribution in [0.15, 0.2) is 72.8 Å². The summed E-state index contributed by atoms with van der Waals surface area (Å²) < 4.78 is 16.2. The largest absolute Gasteiger partial charge is 0.497 e. The molecule has 0 saturated heterocycles. The lowest BCUT2D eigenvalue weighted by Gasteiger charge is -2.21. The molecular weight excluding hydrogens is 362 g/mol. The van der Waals surface area contributed by atoms with Crippen molar-refractivity contribution in [3.8, 4) is 17.2 Å². The van der Waals surface area contributed by atoms with Gasteiger partial charge in [-0.05, 0) is 54.4 Å². The van der Waals surface area contributed by atoms with Gasteiger partial charge in [0.1, 0.15) is 17.2 Å². The summed E-state index contributed by atoms with van der Waals surface area (Å²) in [6.07, 6.45) is 0.961. The Bertz CT molecular complexity index is 875. The Balaban J connectivity index is 1.70. The van der Waals surface area contributed by atoms with Gasteiger partial charge in [0.05, 0.1) is 21.3 Å². The van der Waals surface area contributed by atoms with Crippen molar-refractivity contribution in [2.45, 2.75) is 18.9 Å². The quantitative estimate of drug-likeness (QED) is 0.493. The molecule has 3 aromatic rings. The van der Waals surface area contributed by atoms with Crippen LogP contribution in [-0.4, -0.2) is 27.9 Å². The van der Waals surface area contributed by atoms with E-state index >= 15 is 0 Å². The normalized spacial score (nSPS) is 11.7. The van der Waals surface area contributed by atoms with Gasteiger partial charge in [-0.2, -0.15) is 0 Å². The first-order valence-electron chi connectivity index (χ1n) is 9.85. The van der Waals surface area contributed by atoms with E-state index in [2.05, 4.69) is 41.7 Å². The van der Waals surface area contributed by atoms with Gasteiger partial charge >= 0.3 is 0 Å². The molecule has 4 heteroatoms. The third-order valence-corrected chi connectivity index (χ3v) is 5.13. The third-order valence-electron chi connectivity index (χ3n) is 5.13. The number of para-hydroxylation sites is 1. The van der Waals surface area contributed by atoms with Gasteiger partial charge in [-0.3, -0.25) is 0 Å². The van der Waals surface area contributed by atoms with E-state index in [0.29, 0.717) is 0 Å². The fourth-order valence-corrected chi connectivity index (χ4v) is 3.51. The number of rotatable bonds is 10. The van der Waals surface area contributed by atoms with Crippen LogP contribution in [0.25, 0.3) is 0 Å². The fraction of sp³-hybridized carbons (Fsp3) is 0.280. The minimum Gasteiger partial charge on any atom is -0.497 e. The van der Waals surface area contributed by atoms with Crippen LogP contribution in [0.1, 0.15) is 29.0 Å². The highest BCUT2D eigenvalue weighted by atomic mass is 16.5. The number of hydrogen-bond donors (Lipinski definition) is 1. The number of benzene rings is 3. The predicted molar refractivity (Wildman–Crippen MR) is 117 cm³/mol. The molecule has 0 aliphatic carbocycles. The van der Waals surface area contributed by atoms with Crippen molar-refractivity contribution in [1.82, 2.24) is 5.32 Å². The van der Waals surface area contributed by atoms with Crippen molar-refractivity contribution in [2.75, 3.05) is 27.9 Å². The van der Waals surface area contributed by atoms with E-state index in [0.717, 1.165) is 36.8 Å². The van der Waals surface area contributed by atoms with E-state index in [1.54, 1.807) is 21.3 Å². The summed E-state index contributed by atoms with van der Waals surface area (Å²) in [6.45, 7) is 1.71. The van der Waals surface area contributed by atoms with Gasteiger partial charge in [0.15, 0.2) is 0 Å². The predicted octanol–water partition coefficient (Wildman–Crippen LogP) is 5.02. The summed E-state index contributed by atoms with van der Waals surface area (Å²) in [5.41, 5.74) is 3.69. The van der Waals surface area contributed by atoms with Gasteiger partial charge in [0.2, 0.25) is 0 Å². The Labute approximate surface area is 173 Å². The second-order valence-electron chi connectivity index (χ2n) is 6.88. The maximum absolute atomic E-state index is 5.63. The Morgan fingerprint density at radius 3 is 1.97 bits per heavy atom. The SMILES string of the molecule is COc1ccc(CNCC[C@@H](c2ccc(OC)cc2)c2ccccc2OC)cc1. The molecule has 0 aliphatic heterocycles. The first-order valence-corrected chi connectivity index (χ1v) is 9.85. The molecule has 4 nitrogen and oxygen atoms in total. The summed E-state index contributed by atoms with van der Waals surface area (Å²) in [5, 5.41) is 3.56. The summed E-state index contributed by atoms with van der Waals surface area (Å²) in [4.78, 5) is 0. The minimum absolute atomic E-state index is 0.237. The molecule has 0 saturated carbocycles. The zero-order chi connectivity index (χ0) is 20.5. The summed E-state index contributed by atoms with van der Waals surface area (Å²) in [6, 6.07) is 24.7. The Morgan fingerprint density at radius 1 is 0.724 bits per heavy atom. The van der Waals surface area contributed by atoms with Gasteiger partial charge in [0.25, 0.3) is 0 Å². The standard InChI is InChI=1S/C25H29NO3/c1-27-21-12-8-19(9-13-21)18-26-17-16-23(20-10-14-22(28-2)15-11-20)24-6-4-5-7-25(24)29-3/h4-15,23,26H,16-18H2,1-3H3/t23-/m0/s1. The van der Waals surface area contributed by atoms with E-state index in [1.807, 2.05) is 36.4 Å². The van der Waals surface area contributed by atoms with Gasteiger partial charge in [0, 0.05) is 18.0 Å². The van der Waals surface area contributed by atoms with Crippen molar-refractivity contribution in [1.29, 1.82) is 0 Å². The average molecular weight is 392 g/mol. The van der Waals surface area contributed by atoms with Crippen molar-refractivity contribution in [3.63, 3.8) is 0 Å². The molecule has 0 heterocycles. The molecule has 0 bridgehead atoms. The zero-order valence-electron chi connectivity index (χ0n) is 17.4. The molecule has 1 atom stereocenters. The summed E-state index contributed by atoms with van der Waals surface area (Å²) in [7, 11) is 5.10. The highest BCUT2D eigenvalue weighted by Gasteiger charge is 2.18. The molecule has 3 aromatic carbocycles. The van der Waals surface area contributed by atoms with Crippen molar-refractivity contribution >= 4 is 0 Å². The molecule has 29 heavy (non-hydrogen) atoms. The molecule has 1 N–H and O–H groups in total. The molecule has 0 fully saturated rings. The van der Waals surface area contributed by atoms with Gasteiger partial charge in [-0.25, -0.2) is 0 Å². The summed E-state index contributed by atoms with van der Waals surface area (Å²) in [5.74, 6) is 2.90. The van der Waals surface area contributed by atoms with E-state index < -0.39 is 0 Å². The molecule has 0 unspecified atom stereocenters. The Kier molecular flexibility index (Phi) is 7.54. The zero-order valence-corrected chi connectivity index (χ0v) is 17.4. The van der Waals surface area contributed by atoms with E-state index in [-0.39, 0.29) is 5.92 Å². The molecular formula is C25H29NO3. The minimum atomic E-state index is 0.237. The van der Waals surface area contributed by atoms with Crippen molar-refractivity contribution < 1.29 is 14.2 Å². The van der Waals surface area contributed by atoms with E-state index in [1.165, 1.54) is 16.7 Å². The first-order chi connectivity index (χ1) is 14.2. The lowest BCUT2D eigenvalue weighted by Crippen LogP contribution is -2.18. The summed E-state index contributed by atoms with van der Waals surface area (Å²) >= 11 is 0. The second-order valence-corrected chi connectivity index (χ2v) is 6.88. The first kappa shape index (κ1) is 20.7. The lowest BCUT2D eigenvalue weighted by molar-refractivity contribution is 0.406. The van der Waals surface area contributed by atoms with Crippen LogP contribution in [0.5, 0.6) is 17.2 Å². The molecule has 152 valence electrons. The molecule has 0 radical (unpaired) electrons. The van der Waals surface area contributed by atoms with Gasteiger partial charge in [-0.15, -0.1) is 0 Å². The molecule has 3 rings (SSSR count). The van der Waals surface area contributed by atoms with Gasteiger partial charge in [-0.1, -0.05) is 42.5 Å². The maximum Gasteiger partial charge on any atom is 0.122 e. The van der Waals surface area contributed by atoms with Gasteiger partial charge < -0.3 is 19.5 Å².